The van der Waals surface area contributed by atoms with Crippen LogP contribution in [0.2, 0.25) is 0 Å². The van der Waals surface area contributed by atoms with Crippen molar-refractivity contribution in [3.8, 4) is 11.4 Å². The van der Waals surface area contributed by atoms with Crippen LogP contribution in [0.5, 0.6) is 0 Å². The Morgan fingerprint density at radius 2 is 2.06 bits per heavy atom. The molecule has 1 aromatic carbocycles. The third-order valence-corrected chi connectivity index (χ3v) is 2.44. The van der Waals surface area contributed by atoms with Crippen LogP contribution in [-0.4, -0.2) is 15.0 Å². The van der Waals surface area contributed by atoms with E-state index in [2.05, 4.69) is 15.0 Å². The molecule has 1 N–H and O–H groups in total. The molecule has 3 nitrogen and oxygen atoms in total. The van der Waals surface area contributed by atoms with Gasteiger partial charge in [0, 0.05) is 24.0 Å². The number of pyridine rings is 1. The second kappa shape index (κ2) is 3.62. The number of aromatic amines is 1. The van der Waals surface area contributed by atoms with Gasteiger partial charge in [-0.1, -0.05) is 0 Å². The monoisotopic (exact) mass is 231 g/mol. The van der Waals surface area contributed by atoms with Gasteiger partial charge in [0.15, 0.2) is 5.82 Å². The molecule has 0 fully saturated rings. The van der Waals surface area contributed by atoms with Crippen molar-refractivity contribution in [3.05, 3.63) is 48.3 Å². The number of hydrogen-bond donors (Lipinski definition) is 1. The number of fused-ring (bicyclic) bond motifs is 1. The van der Waals surface area contributed by atoms with Gasteiger partial charge in [-0.15, -0.1) is 0 Å². The fourth-order valence-electron chi connectivity index (χ4n) is 1.68. The van der Waals surface area contributed by atoms with Crippen molar-refractivity contribution in [3.63, 3.8) is 0 Å². The smallest absolute Gasteiger partial charge is 0.153 e. The number of hydrogen-bond acceptors (Lipinski definition) is 2. The Balaban J connectivity index is 2.24. The van der Waals surface area contributed by atoms with Gasteiger partial charge in [0.2, 0.25) is 0 Å². The number of rotatable bonds is 1. The molecule has 0 aliphatic carbocycles. The van der Waals surface area contributed by atoms with Gasteiger partial charge in [-0.05, 0) is 18.2 Å². The van der Waals surface area contributed by atoms with E-state index >= 15 is 0 Å². The maximum absolute atomic E-state index is 13.4. The van der Waals surface area contributed by atoms with E-state index < -0.39 is 11.6 Å². The topological polar surface area (TPSA) is 41.6 Å². The summed E-state index contributed by atoms with van der Waals surface area (Å²) in [6.45, 7) is 0. The standard InChI is InChI=1S/C12H7F2N3/c13-8-4-9(14)11-10(5-8)16-12(17-11)7-2-1-3-15-6-7/h1-6H,(H,16,17). The average molecular weight is 231 g/mol. The van der Waals surface area contributed by atoms with Gasteiger partial charge in [0.1, 0.15) is 17.2 Å². The van der Waals surface area contributed by atoms with E-state index in [1.807, 2.05) is 0 Å². The molecule has 2 aromatic heterocycles. The lowest BCUT2D eigenvalue weighted by Gasteiger charge is -1.92. The van der Waals surface area contributed by atoms with E-state index in [4.69, 9.17) is 0 Å². The fourth-order valence-corrected chi connectivity index (χ4v) is 1.68. The number of aromatic nitrogens is 3. The Hall–Kier alpha value is -2.30. The first-order chi connectivity index (χ1) is 8.24. The molecule has 5 heteroatoms. The summed E-state index contributed by atoms with van der Waals surface area (Å²) in [7, 11) is 0. The predicted molar refractivity (Wildman–Crippen MR) is 59.2 cm³/mol. The van der Waals surface area contributed by atoms with Crippen molar-refractivity contribution in [2.75, 3.05) is 0 Å². The maximum atomic E-state index is 13.4. The number of halogens is 2. The van der Waals surface area contributed by atoms with E-state index in [9.17, 15) is 8.78 Å². The molecule has 0 amide bonds. The number of H-pyrrole nitrogens is 1. The minimum atomic E-state index is -0.675. The zero-order valence-electron chi connectivity index (χ0n) is 8.61. The van der Waals surface area contributed by atoms with Crippen LogP contribution in [0.25, 0.3) is 22.4 Å². The molecule has 17 heavy (non-hydrogen) atoms. The van der Waals surface area contributed by atoms with Gasteiger partial charge in [0.25, 0.3) is 0 Å². The van der Waals surface area contributed by atoms with E-state index in [1.54, 1.807) is 24.5 Å². The molecule has 0 radical (unpaired) electrons. The normalized spacial score (nSPS) is 10.9. The fraction of sp³-hybridized carbons (Fsp3) is 0. The van der Waals surface area contributed by atoms with Gasteiger partial charge in [0.05, 0.1) is 5.52 Å². The number of nitrogens with zero attached hydrogens (tertiary/aromatic N) is 2. The van der Waals surface area contributed by atoms with Gasteiger partial charge < -0.3 is 4.98 Å². The van der Waals surface area contributed by atoms with Crippen LogP contribution in [0.4, 0.5) is 8.78 Å². The number of nitrogens with one attached hydrogen (secondary N) is 1. The Labute approximate surface area is 95.1 Å². The molecule has 0 spiro atoms. The number of imidazole rings is 1. The van der Waals surface area contributed by atoms with Gasteiger partial charge in [-0.25, -0.2) is 13.8 Å². The van der Waals surface area contributed by atoms with E-state index in [0.717, 1.165) is 11.6 Å². The molecule has 0 aliphatic heterocycles. The maximum Gasteiger partial charge on any atom is 0.153 e. The molecular weight excluding hydrogens is 224 g/mol. The third-order valence-electron chi connectivity index (χ3n) is 2.44. The Bertz CT molecular complexity index is 677. The summed E-state index contributed by atoms with van der Waals surface area (Å²) in [6, 6.07) is 5.57. The highest BCUT2D eigenvalue weighted by Crippen LogP contribution is 2.22. The van der Waals surface area contributed by atoms with Crippen LogP contribution >= 0.6 is 0 Å². The molecule has 3 aromatic rings. The van der Waals surface area contributed by atoms with Crippen molar-refractivity contribution in [2.45, 2.75) is 0 Å². The summed E-state index contributed by atoms with van der Waals surface area (Å²) < 4.78 is 26.4. The SMILES string of the molecule is Fc1cc(F)c2nc(-c3cccnc3)[nH]c2c1. The van der Waals surface area contributed by atoms with E-state index in [-0.39, 0.29) is 5.52 Å². The summed E-state index contributed by atoms with van der Waals surface area (Å²) in [5.74, 6) is -0.833. The molecule has 0 saturated carbocycles. The highest BCUT2D eigenvalue weighted by molar-refractivity contribution is 5.79. The molecule has 0 unspecified atom stereocenters. The second-order valence-corrected chi connectivity index (χ2v) is 3.61. The van der Waals surface area contributed by atoms with Crippen LogP contribution in [0.1, 0.15) is 0 Å². The van der Waals surface area contributed by atoms with Gasteiger partial charge >= 0.3 is 0 Å². The van der Waals surface area contributed by atoms with Gasteiger partial charge in [-0.2, -0.15) is 0 Å². The summed E-state index contributed by atoms with van der Waals surface area (Å²) >= 11 is 0. The molecular formula is C12H7F2N3. The first-order valence-corrected chi connectivity index (χ1v) is 4.99. The lowest BCUT2D eigenvalue weighted by atomic mass is 10.3. The van der Waals surface area contributed by atoms with Crippen molar-refractivity contribution >= 4 is 11.0 Å². The Morgan fingerprint density at radius 3 is 2.82 bits per heavy atom. The minimum absolute atomic E-state index is 0.130. The first kappa shape index (κ1) is 9.89. The average Bonchev–Trinajstić information content (AvgIpc) is 2.74. The Morgan fingerprint density at radius 1 is 1.18 bits per heavy atom. The molecule has 84 valence electrons. The van der Waals surface area contributed by atoms with Gasteiger partial charge in [-0.3, -0.25) is 4.98 Å². The molecule has 0 bridgehead atoms. The van der Waals surface area contributed by atoms with Crippen molar-refractivity contribution in [2.24, 2.45) is 0 Å². The minimum Gasteiger partial charge on any atom is -0.338 e. The lowest BCUT2D eigenvalue weighted by molar-refractivity contribution is 0.591. The zero-order chi connectivity index (χ0) is 11.8. The van der Waals surface area contributed by atoms with Crippen LogP contribution in [0.15, 0.2) is 36.7 Å². The number of benzene rings is 1. The summed E-state index contributed by atoms with van der Waals surface area (Å²) in [6.07, 6.45) is 3.23. The summed E-state index contributed by atoms with van der Waals surface area (Å²) in [4.78, 5) is 10.9. The van der Waals surface area contributed by atoms with Crippen molar-refractivity contribution in [1.29, 1.82) is 0 Å². The van der Waals surface area contributed by atoms with E-state index in [0.29, 0.717) is 11.3 Å². The lowest BCUT2D eigenvalue weighted by Crippen LogP contribution is -1.81. The van der Waals surface area contributed by atoms with Crippen LogP contribution in [0, 0.1) is 11.6 Å². The second-order valence-electron chi connectivity index (χ2n) is 3.61. The quantitative estimate of drug-likeness (QED) is 0.699. The largest absolute Gasteiger partial charge is 0.338 e. The van der Waals surface area contributed by atoms with E-state index in [1.165, 1.54) is 6.07 Å². The van der Waals surface area contributed by atoms with Crippen LogP contribution in [0.3, 0.4) is 0 Å². The van der Waals surface area contributed by atoms with Crippen LogP contribution in [-0.2, 0) is 0 Å². The third kappa shape index (κ3) is 1.65. The predicted octanol–water partition coefficient (Wildman–Crippen LogP) is 2.90. The Kier molecular flexibility index (Phi) is 2.11. The molecule has 3 rings (SSSR count). The molecule has 2 heterocycles. The molecule has 0 saturated heterocycles. The molecule has 0 aliphatic rings. The highest BCUT2D eigenvalue weighted by atomic mass is 19.1. The highest BCUT2D eigenvalue weighted by Gasteiger charge is 2.10. The summed E-state index contributed by atoms with van der Waals surface area (Å²) in [5, 5.41) is 0. The zero-order valence-corrected chi connectivity index (χ0v) is 8.61. The molecule has 0 atom stereocenters. The van der Waals surface area contributed by atoms with Crippen LogP contribution < -0.4 is 0 Å². The first-order valence-electron chi connectivity index (χ1n) is 4.99. The summed E-state index contributed by atoms with van der Waals surface area (Å²) in [5.41, 5.74) is 1.19. The van der Waals surface area contributed by atoms with Crippen molar-refractivity contribution in [1.82, 2.24) is 15.0 Å². The van der Waals surface area contributed by atoms with Crippen molar-refractivity contribution < 1.29 is 8.78 Å².